The Morgan fingerprint density at radius 3 is 2.64 bits per heavy atom. The van der Waals surface area contributed by atoms with Gasteiger partial charge in [-0.1, -0.05) is 0 Å². The fourth-order valence-electron chi connectivity index (χ4n) is 1.74. The Morgan fingerprint density at radius 1 is 1.43 bits per heavy atom. The molecule has 0 atom stereocenters. The van der Waals surface area contributed by atoms with Crippen LogP contribution in [0.3, 0.4) is 0 Å². The van der Waals surface area contributed by atoms with Crippen molar-refractivity contribution < 1.29 is 4.79 Å². The number of carbonyl (C=O) groups excluding carboxylic acids is 1. The van der Waals surface area contributed by atoms with E-state index in [1.165, 1.54) is 12.8 Å². The molecule has 0 radical (unpaired) electrons. The fourth-order valence-corrected chi connectivity index (χ4v) is 1.88. The van der Waals surface area contributed by atoms with Gasteiger partial charge in [0.1, 0.15) is 5.69 Å². The lowest BCUT2D eigenvalue weighted by atomic mass is 10.3. The highest BCUT2D eigenvalue weighted by Gasteiger charge is 2.33. The highest BCUT2D eigenvalue weighted by Crippen LogP contribution is 2.42. The molecule has 0 unspecified atom stereocenters. The van der Waals surface area contributed by atoms with E-state index in [9.17, 15) is 4.79 Å². The van der Waals surface area contributed by atoms with Gasteiger partial charge in [-0.25, -0.2) is 0 Å². The summed E-state index contributed by atoms with van der Waals surface area (Å²) >= 11 is 5.52. The maximum atomic E-state index is 11.2. The number of hydrogen-bond donors (Lipinski definition) is 0. The van der Waals surface area contributed by atoms with Crippen LogP contribution >= 0.6 is 11.6 Å². The van der Waals surface area contributed by atoms with E-state index in [0.29, 0.717) is 17.7 Å². The van der Waals surface area contributed by atoms with Crippen LogP contribution in [-0.4, -0.2) is 15.0 Å². The molecule has 1 heterocycles. The molecule has 74 valence electrons. The molecule has 3 nitrogen and oxygen atoms in total. The molecule has 2 saturated carbocycles. The fraction of sp³-hybridized carbons (Fsp3) is 0.600. The van der Waals surface area contributed by atoms with Crippen LogP contribution in [0.25, 0.3) is 0 Å². The van der Waals surface area contributed by atoms with Crippen molar-refractivity contribution in [3.05, 3.63) is 17.5 Å². The first kappa shape index (κ1) is 8.48. The Balaban J connectivity index is 2.01. The van der Waals surface area contributed by atoms with Crippen LogP contribution in [0.15, 0.2) is 6.07 Å². The average molecular weight is 211 g/mol. The highest BCUT2D eigenvalue weighted by molar-refractivity contribution is 6.67. The quantitative estimate of drug-likeness (QED) is 0.719. The van der Waals surface area contributed by atoms with E-state index in [0.717, 1.165) is 18.5 Å². The van der Waals surface area contributed by atoms with Crippen LogP contribution in [-0.2, 0) is 0 Å². The van der Waals surface area contributed by atoms with Gasteiger partial charge in [0.25, 0.3) is 5.24 Å². The summed E-state index contributed by atoms with van der Waals surface area (Å²) in [7, 11) is 0. The minimum absolute atomic E-state index is 0.378. The van der Waals surface area contributed by atoms with E-state index in [4.69, 9.17) is 11.6 Å². The zero-order chi connectivity index (χ0) is 9.71. The van der Waals surface area contributed by atoms with Crippen LogP contribution in [0, 0.1) is 0 Å². The number of halogens is 1. The van der Waals surface area contributed by atoms with Gasteiger partial charge >= 0.3 is 0 Å². The third-order valence-corrected chi connectivity index (χ3v) is 3.04. The molecule has 2 aliphatic carbocycles. The van der Waals surface area contributed by atoms with Crippen LogP contribution < -0.4 is 0 Å². The first-order valence-electron chi connectivity index (χ1n) is 5.05. The number of rotatable bonds is 3. The second kappa shape index (κ2) is 2.83. The number of hydrogen-bond acceptors (Lipinski definition) is 2. The van der Waals surface area contributed by atoms with Gasteiger partial charge in [-0.05, 0) is 43.4 Å². The van der Waals surface area contributed by atoms with Crippen molar-refractivity contribution >= 4 is 16.8 Å². The van der Waals surface area contributed by atoms with Crippen molar-refractivity contribution in [2.45, 2.75) is 37.6 Å². The normalized spacial score (nSPS) is 21.2. The van der Waals surface area contributed by atoms with Gasteiger partial charge in [-0.15, -0.1) is 0 Å². The number of carbonyl (C=O) groups is 1. The Kier molecular flexibility index (Phi) is 1.71. The monoisotopic (exact) mass is 210 g/mol. The Bertz CT molecular complexity index is 391. The van der Waals surface area contributed by atoms with Gasteiger partial charge in [0.15, 0.2) is 0 Å². The SMILES string of the molecule is O=C(Cl)c1cc(C2CC2)nn1C1CC1. The summed E-state index contributed by atoms with van der Waals surface area (Å²) in [5.74, 6) is 0.588. The molecule has 3 rings (SSSR count). The predicted octanol–water partition coefficient (Wildman–Crippen LogP) is 2.47. The molecule has 1 aromatic rings. The minimum atomic E-state index is -0.378. The lowest BCUT2D eigenvalue weighted by Gasteiger charge is -1.99. The van der Waals surface area contributed by atoms with Crippen LogP contribution in [0.1, 0.15) is 53.8 Å². The average Bonchev–Trinajstić information content (AvgIpc) is 3.03. The van der Waals surface area contributed by atoms with Crippen molar-refractivity contribution in [3.63, 3.8) is 0 Å². The lowest BCUT2D eigenvalue weighted by Crippen LogP contribution is -2.04. The summed E-state index contributed by atoms with van der Waals surface area (Å²) in [6.07, 6.45) is 4.67. The third-order valence-electron chi connectivity index (χ3n) is 2.84. The van der Waals surface area contributed by atoms with Gasteiger partial charge in [-0.3, -0.25) is 9.48 Å². The molecule has 14 heavy (non-hydrogen) atoms. The summed E-state index contributed by atoms with van der Waals surface area (Å²) in [4.78, 5) is 11.2. The third kappa shape index (κ3) is 1.36. The Morgan fingerprint density at radius 2 is 2.14 bits per heavy atom. The summed E-state index contributed by atoms with van der Waals surface area (Å²) in [6.45, 7) is 0. The predicted molar refractivity (Wildman–Crippen MR) is 52.7 cm³/mol. The van der Waals surface area contributed by atoms with Crippen LogP contribution in [0.5, 0.6) is 0 Å². The van der Waals surface area contributed by atoms with Crippen molar-refractivity contribution in [1.82, 2.24) is 9.78 Å². The van der Waals surface area contributed by atoms with E-state index in [2.05, 4.69) is 5.10 Å². The van der Waals surface area contributed by atoms with E-state index in [1.54, 1.807) is 0 Å². The largest absolute Gasteiger partial charge is 0.274 e. The Labute approximate surface area is 87.0 Å². The molecule has 4 heteroatoms. The van der Waals surface area contributed by atoms with Crippen LogP contribution in [0.4, 0.5) is 0 Å². The summed E-state index contributed by atoms with van der Waals surface area (Å²) in [5.41, 5.74) is 1.64. The van der Waals surface area contributed by atoms with Gasteiger partial charge in [0, 0.05) is 5.92 Å². The summed E-state index contributed by atoms with van der Waals surface area (Å²) in [6, 6.07) is 2.30. The smallest absolute Gasteiger partial charge is 0.270 e. The van der Waals surface area contributed by atoms with Crippen molar-refractivity contribution in [1.29, 1.82) is 0 Å². The van der Waals surface area contributed by atoms with E-state index < -0.39 is 0 Å². The van der Waals surface area contributed by atoms with Gasteiger partial charge in [0.2, 0.25) is 0 Å². The van der Waals surface area contributed by atoms with Crippen molar-refractivity contribution in [2.24, 2.45) is 0 Å². The zero-order valence-electron chi connectivity index (χ0n) is 7.74. The second-order valence-corrected chi connectivity index (χ2v) is 4.52. The molecule has 0 N–H and O–H groups in total. The summed E-state index contributed by atoms with van der Waals surface area (Å²) < 4.78 is 1.82. The van der Waals surface area contributed by atoms with E-state index in [1.807, 2.05) is 10.7 Å². The minimum Gasteiger partial charge on any atom is -0.274 e. The second-order valence-electron chi connectivity index (χ2n) is 4.18. The maximum Gasteiger partial charge on any atom is 0.270 e. The standard InChI is InChI=1S/C10H11ClN2O/c11-10(14)9-5-8(6-1-2-6)12-13(9)7-3-4-7/h5-7H,1-4H2. The Hall–Kier alpha value is -0.830. The zero-order valence-corrected chi connectivity index (χ0v) is 8.50. The lowest BCUT2D eigenvalue weighted by molar-refractivity contribution is 0.107. The maximum absolute atomic E-state index is 11.2. The highest BCUT2D eigenvalue weighted by atomic mass is 35.5. The molecule has 0 aromatic carbocycles. The van der Waals surface area contributed by atoms with Gasteiger partial charge in [0.05, 0.1) is 11.7 Å². The van der Waals surface area contributed by atoms with E-state index >= 15 is 0 Å². The molecule has 0 saturated heterocycles. The molecule has 0 bridgehead atoms. The topological polar surface area (TPSA) is 34.9 Å². The van der Waals surface area contributed by atoms with Crippen molar-refractivity contribution in [2.75, 3.05) is 0 Å². The molecule has 0 aliphatic heterocycles. The number of nitrogens with zero attached hydrogens (tertiary/aromatic N) is 2. The van der Waals surface area contributed by atoms with Gasteiger partial charge in [-0.2, -0.15) is 5.10 Å². The van der Waals surface area contributed by atoms with E-state index in [-0.39, 0.29) is 5.24 Å². The van der Waals surface area contributed by atoms with Crippen LogP contribution in [0.2, 0.25) is 0 Å². The first-order valence-corrected chi connectivity index (χ1v) is 5.43. The molecule has 0 spiro atoms. The van der Waals surface area contributed by atoms with Gasteiger partial charge < -0.3 is 0 Å². The molecule has 2 fully saturated rings. The molecule has 1 aromatic heterocycles. The molecule has 0 amide bonds. The number of aromatic nitrogens is 2. The molecule has 2 aliphatic rings. The molecular weight excluding hydrogens is 200 g/mol. The van der Waals surface area contributed by atoms with Crippen molar-refractivity contribution in [3.8, 4) is 0 Å². The first-order chi connectivity index (χ1) is 6.75. The molecular formula is C10H11ClN2O. The summed E-state index contributed by atoms with van der Waals surface area (Å²) in [5, 5.41) is 4.09.